The molecule has 5 nitrogen and oxygen atoms in total. The molecule has 21 heavy (non-hydrogen) atoms. The van der Waals surface area contributed by atoms with Gasteiger partial charge in [-0.3, -0.25) is 0 Å². The van der Waals surface area contributed by atoms with Crippen LogP contribution in [0, 0.1) is 0 Å². The number of rotatable bonds is 5. The van der Waals surface area contributed by atoms with Crippen molar-refractivity contribution in [3.63, 3.8) is 0 Å². The van der Waals surface area contributed by atoms with Crippen molar-refractivity contribution in [2.45, 2.75) is 24.3 Å². The van der Waals surface area contributed by atoms with Crippen LogP contribution in [0.4, 0.5) is 0 Å². The fourth-order valence-corrected chi connectivity index (χ4v) is 2.95. The minimum atomic E-state index is 0.260. The van der Waals surface area contributed by atoms with Gasteiger partial charge in [-0.15, -0.1) is 11.8 Å². The Morgan fingerprint density at radius 1 is 1.33 bits per heavy atom. The van der Waals surface area contributed by atoms with Gasteiger partial charge in [0.15, 0.2) is 0 Å². The van der Waals surface area contributed by atoms with Crippen molar-refractivity contribution in [1.82, 2.24) is 15.5 Å². The van der Waals surface area contributed by atoms with Gasteiger partial charge in [0.2, 0.25) is 11.7 Å². The van der Waals surface area contributed by atoms with Crippen LogP contribution in [0.1, 0.15) is 12.8 Å². The van der Waals surface area contributed by atoms with Crippen LogP contribution in [0.3, 0.4) is 0 Å². The molecule has 1 aliphatic rings. The second kappa shape index (κ2) is 7.06. The molecule has 3 rings (SSSR count). The highest BCUT2D eigenvalue weighted by atomic mass is 32.2. The molecule has 1 aromatic carbocycles. The van der Waals surface area contributed by atoms with Crippen LogP contribution >= 0.6 is 11.8 Å². The first-order valence-corrected chi connectivity index (χ1v) is 8.20. The molecule has 112 valence electrons. The average molecular weight is 305 g/mol. The van der Waals surface area contributed by atoms with E-state index in [2.05, 4.69) is 34.5 Å². The summed E-state index contributed by atoms with van der Waals surface area (Å²) in [6.07, 6.45) is 0.705. The lowest BCUT2D eigenvalue weighted by molar-refractivity contribution is 0.0744. The van der Waals surface area contributed by atoms with Crippen LogP contribution in [0.15, 0.2) is 33.7 Å². The van der Waals surface area contributed by atoms with Crippen LogP contribution in [0.5, 0.6) is 0 Å². The number of benzene rings is 1. The first-order chi connectivity index (χ1) is 10.3. The van der Waals surface area contributed by atoms with E-state index in [9.17, 15) is 0 Å². The number of thioether (sulfide) groups is 1. The van der Waals surface area contributed by atoms with Gasteiger partial charge in [0.25, 0.3) is 0 Å². The van der Waals surface area contributed by atoms with E-state index in [1.807, 2.05) is 23.9 Å². The molecule has 1 N–H and O–H groups in total. The predicted molar refractivity (Wildman–Crippen MR) is 82.4 cm³/mol. The Labute approximate surface area is 128 Å². The van der Waals surface area contributed by atoms with Crippen LogP contribution in [-0.4, -0.2) is 41.7 Å². The van der Waals surface area contributed by atoms with Gasteiger partial charge in [0.05, 0.1) is 13.2 Å². The Kier molecular flexibility index (Phi) is 4.90. The summed E-state index contributed by atoms with van der Waals surface area (Å²) in [5.41, 5.74) is 0.985. The molecule has 2 heterocycles. The van der Waals surface area contributed by atoms with E-state index in [4.69, 9.17) is 9.26 Å². The molecule has 1 fully saturated rings. The van der Waals surface area contributed by atoms with Crippen LogP contribution < -0.4 is 5.32 Å². The highest BCUT2D eigenvalue weighted by Crippen LogP contribution is 2.22. The lowest BCUT2D eigenvalue weighted by atomic mass is 10.2. The van der Waals surface area contributed by atoms with Crippen molar-refractivity contribution in [3.8, 4) is 11.4 Å². The van der Waals surface area contributed by atoms with E-state index in [0.29, 0.717) is 24.7 Å². The van der Waals surface area contributed by atoms with Gasteiger partial charge in [-0.1, -0.05) is 12.1 Å². The Morgan fingerprint density at radius 2 is 2.19 bits per heavy atom. The first-order valence-electron chi connectivity index (χ1n) is 7.22. The minimum Gasteiger partial charge on any atom is -0.378 e. The van der Waals surface area contributed by atoms with Crippen molar-refractivity contribution in [3.05, 3.63) is 30.2 Å². The third-order valence-electron chi connectivity index (χ3n) is 3.31. The summed E-state index contributed by atoms with van der Waals surface area (Å²) in [6.45, 7) is 4.49. The molecule has 0 amide bonds. The zero-order valence-electron chi connectivity index (χ0n) is 12.0. The summed E-state index contributed by atoms with van der Waals surface area (Å²) in [5, 5.41) is 7.45. The van der Waals surface area contributed by atoms with Crippen molar-refractivity contribution < 1.29 is 9.26 Å². The monoisotopic (exact) mass is 305 g/mol. The van der Waals surface area contributed by atoms with Crippen LogP contribution in [-0.2, 0) is 11.2 Å². The largest absolute Gasteiger partial charge is 0.378 e. The van der Waals surface area contributed by atoms with E-state index in [1.165, 1.54) is 4.90 Å². The maximum atomic E-state index is 5.43. The minimum absolute atomic E-state index is 0.260. The van der Waals surface area contributed by atoms with Gasteiger partial charge in [-0.2, -0.15) is 4.98 Å². The number of morpholine rings is 1. The molecule has 1 unspecified atom stereocenters. The summed E-state index contributed by atoms with van der Waals surface area (Å²) >= 11 is 1.82. The molecule has 1 saturated heterocycles. The molecule has 0 saturated carbocycles. The highest BCUT2D eigenvalue weighted by molar-refractivity contribution is 7.99. The molecular formula is C15H19N3O2S. The molecule has 0 radical (unpaired) electrons. The van der Waals surface area contributed by atoms with Gasteiger partial charge >= 0.3 is 0 Å². The molecule has 1 aromatic heterocycles. The number of nitrogens with one attached hydrogen (secondary N) is 1. The van der Waals surface area contributed by atoms with E-state index >= 15 is 0 Å². The summed E-state index contributed by atoms with van der Waals surface area (Å²) in [7, 11) is 0. The Balaban J connectivity index is 1.66. The predicted octanol–water partition coefficient (Wildman–Crippen LogP) is 2.38. The molecular weight excluding hydrogens is 286 g/mol. The Bertz CT molecular complexity index is 565. The van der Waals surface area contributed by atoms with E-state index in [0.717, 1.165) is 24.5 Å². The highest BCUT2D eigenvalue weighted by Gasteiger charge is 2.17. The standard InChI is InChI=1S/C15H19N3O2S/c1-2-21-13-5-3-11(4-6-13)15-17-14(20-18-15)9-12-10-19-8-7-16-12/h3-6,12,16H,2,7-10H2,1H3. The maximum absolute atomic E-state index is 5.43. The average Bonchev–Trinajstić information content (AvgIpc) is 2.98. The SMILES string of the molecule is CCSc1ccc(-c2noc(CC3COCCN3)n2)cc1. The quantitative estimate of drug-likeness (QED) is 0.856. The van der Waals surface area contributed by atoms with Crippen molar-refractivity contribution in [2.75, 3.05) is 25.5 Å². The van der Waals surface area contributed by atoms with Crippen LogP contribution in [0.2, 0.25) is 0 Å². The summed E-state index contributed by atoms with van der Waals surface area (Å²) < 4.78 is 10.8. The topological polar surface area (TPSA) is 60.2 Å². The van der Waals surface area contributed by atoms with E-state index < -0.39 is 0 Å². The zero-order chi connectivity index (χ0) is 14.5. The van der Waals surface area contributed by atoms with Gasteiger partial charge in [0, 0.05) is 29.5 Å². The Hall–Kier alpha value is -1.37. The zero-order valence-corrected chi connectivity index (χ0v) is 12.9. The number of hydrogen-bond donors (Lipinski definition) is 1. The number of ether oxygens (including phenoxy) is 1. The Morgan fingerprint density at radius 3 is 2.90 bits per heavy atom. The summed E-state index contributed by atoms with van der Waals surface area (Å²) in [5.74, 6) is 2.37. The van der Waals surface area contributed by atoms with Crippen molar-refractivity contribution >= 4 is 11.8 Å². The number of hydrogen-bond acceptors (Lipinski definition) is 6. The van der Waals surface area contributed by atoms with Gasteiger partial charge in [-0.05, 0) is 30.0 Å². The lowest BCUT2D eigenvalue weighted by Crippen LogP contribution is -2.42. The maximum Gasteiger partial charge on any atom is 0.228 e. The third-order valence-corrected chi connectivity index (χ3v) is 4.21. The summed E-state index contributed by atoms with van der Waals surface area (Å²) in [6, 6.07) is 8.52. The smallest absolute Gasteiger partial charge is 0.228 e. The van der Waals surface area contributed by atoms with Crippen LogP contribution in [0.25, 0.3) is 11.4 Å². The number of aromatic nitrogens is 2. The fraction of sp³-hybridized carbons (Fsp3) is 0.467. The second-order valence-corrected chi connectivity index (χ2v) is 6.24. The number of nitrogens with zero attached hydrogens (tertiary/aromatic N) is 2. The third kappa shape index (κ3) is 3.84. The molecule has 1 aliphatic heterocycles. The molecule has 6 heteroatoms. The molecule has 1 atom stereocenters. The normalized spacial score (nSPS) is 18.8. The van der Waals surface area contributed by atoms with Gasteiger partial charge < -0.3 is 14.6 Å². The molecule has 0 aliphatic carbocycles. The molecule has 0 spiro atoms. The fourth-order valence-electron chi connectivity index (χ4n) is 2.28. The lowest BCUT2D eigenvalue weighted by Gasteiger charge is -2.22. The van der Waals surface area contributed by atoms with Gasteiger partial charge in [0.1, 0.15) is 0 Å². The molecule has 0 bridgehead atoms. The van der Waals surface area contributed by atoms with E-state index in [-0.39, 0.29) is 6.04 Å². The van der Waals surface area contributed by atoms with Gasteiger partial charge in [-0.25, -0.2) is 0 Å². The molecule has 2 aromatic rings. The van der Waals surface area contributed by atoms with Crippen molar-refractivity contribution in [2.24, 2.45) is 0 Å². The first kappa shape index (κ1) is 14.6. The van der Waals surface area contributed by atoms with E-state index in [1.54, 1.807) is 0 Å². The summed E-state index contributed by atoms with van der Waals surface area (Å²) in [4.78, 5) is 5.73. The van der Waals surface area contributed by atoms with Crippen molar-refractivity contribution in [1.29, 1.82) is 0 Å². The second-order valence-electron chi connectivity index (χ2n) is 4.90.